The van der Waals surface area contributed by atoms with Gasteiger partial charge in [-0.3, -0.25) is 4.79 Å². The lowest BCUT2D eigenvalue weighted by molar-refractivity contribution is 0.100. The van der Waals surface area contributed by atoms with Crippen LogP contribution in [0.4, 0.5) is 5.69 Å². The number of anilines is 1. The van der Waals surface area contributed by atoms with E-state index in [9.17, 15) is 4.79 Å². The Kier molecular flexibility index (Phi) is 8.35. The van der Waals surface area contributed by atoms with E-state index < -0.39 is 5.91 Å². The van der Waals surface area contributed by atoms with Crippen LogP contribution in [0.5, 0.6) is 0 Å². The van der Waals surface area contributed by atoms with E-state index in [4.69, 9.17) is 23.1 Å². The number of hydrogen-bond acceptors (Lipinski definition) is 2. The van der Waals surface area contributed by atoms with Gasteiger partial charge in [0, 0.05) is 17.1 Å². The van der Waals surface area contributed by atoms with Crippen LogP contribution in [0.3, 0.4) is 0 Å². The highest BCUT2D eigenvalue weighted by Crippen LogP contribution is 2.03. The number of hydrogen-bond donors (Lipinski definition) is 2. The first kappa shape index (κ1) is 14.8. The lowest BCUT2D eigenvalue weighted by Crippen LogP contribution is -2.10. The second-order valence-electron chi connectivity index (χ2n) is 3.38. The molecule has 0 saturated carbocycles. The van der Waals surface area contributed by atoms with Gasteiger partial charge < -0.3 is 11.5 Å². The van der Waals surface area contributed by atoms with Crippen LogP contribution in [0.25, 0.3) is 0 Å². The Labute approximate surface area is 102 Å². The number of halogens is 1. The zero-order valence-electron chi connectivity index (χ0n) is 9.58. The average molecular weight is 243 g/mol. The van der Waals surface area contributed by atoms with Gasteiger partial charge in [-0.15, -0.1) is 11.6 Å². The Hall–Kier alpha value is -1.22. The van der Waals surface area contributed by atoms with Crippen LogP contribution in [0, 0.1) is 0 Å². The minimum atomic E-state index is -0.431. The van der Waals surface area contributed by atoms with Crippen LogP contribution in [-0.4, -0.2) is 11.8 Å². The van der Waals surface area contributed by atoms with E-state index in [1.54, 1.807) is 24.3 Å². The van der Waals surface area contributed by atoms with Crippen LogP contribution in [0.2, 0.25) is 0 Å². The first-order valence-electron chi connectivity index (χ1n) is 5.33. The van der Waals surface area contributed by atoms with Crippen molar-refractivity contribution in [3.05, 3.63) is 29.8 Å². The Bertz CT molecular complexity index is 294. The Morgan fingerprint density at radius 3 is 2.12 bits per heavy atom. The summed E-state index contributed by atoms with van der Waals surface area (Å²) >= 11 is 5.38. The molecule has 1 rings (SSSR count). The molecule has 0 bridgehead atoms. The summed E-state index contributed by atoms with van der Waals surface area (Å²) in [5.74, 6) is 0.397. The number of primary amides is 1. The third-order valence-electron chi connectivity index (χ3n) is 1.93. The summed E-state index contributed by atoms with van der Waals surface area (Å²) in [6.07, 6.45) is 3.73. The van der Waals surface area contributed by atoms with Crippen LogP contribution >= 0.6 is 11.6 Å². The molecule has 0 unspecified atom stereocenters. The fourth-order valence-electron chi connectivity index (χ4n) is 0.992. The number of nitrogens with two attached hydrogens (primary N) is 2. The molecule has 0 radical (unpaired) electrons. The second-order valence-corrected chi connectivity index (χ2v) is 3.76. The number of nitrogen functional groups attached to an aromatic ring is 1. The van der Waals surface area contributed by atoms with E-state index in [0.717, 1.165) is 5.88 Å². The fraction of sp³-hybridized carbons (Fsp3) is 0.417. The Balaban J connectivity index is 0.000000325. The smallest absolute Gasteiger partial charge is 0.248 e. The summed E-state index contributed by atoms with van der Waals surface area (Å²) in [4.78, 5) is 10.5. The Morgan fingerprint density at radius 2 is 1.81 bits per heavy atom. The Morgan fingerprint density at radius 1 is 1.25 bits per heavy atom. The van der Waals surface area contributed by atoms with Crippen molar-refractivity contribution in [1.29, 1.82) is 0 Å². The van der Waals surface area contributed by atoms with E-state index in [0.29, 0.717) is 11.3 Å². The maximum Gasteiger partial charge on any atom is 0.248 e. The van der Waals surface area contributed by atoms with Crippen molar-refractivity contribution in [2.75, 3.05) is 11.6 Å². The van der Waals surface area contributed by atoms with Gasteiger partial charge in [-0.25, -0.2) is 0 Å². The summed E-state index contributed by atoms with van der Waals surface area (Å²) in [6, 6.07) is 6.47. The number of unbranched alkanes of at least 4 members (excludes halogenated alkanes) is 2. The lowest BCUT2D eigenvalue weighted by atomic mass is 10.2. The van der Waals surface area contributed by atoms with Crippen molar-refractivity contribution < 1.29 is 4.79 Å². The topological polar surface area (TPSA) is 69.1 Å². The maximum absolute atomic E-state index is 10.5. The fourth-order valence-corrected chi connectivity index (χ4v) is 1.18. The number of alkyl halides is 1. The van der Waals surface area contributed by atoms with E-state index in [-0.39, 0.29) is 0 Å². The lowest BCUT2D eigenvalue weighted by Gasteiger charge is -1.93. The second kappa shape index (κ2) is 9.04. The zero-order valence-corrected chi connectivity index (χ0v) is 10.3. The molecule has 0 aromatic heterocycles. The highest BCUT2D eigenvalue weighted by molar-refractivity contribution is 6.17. The predicted molar refractivity (Wildman–Crippen MR) is 69.6 cm³/mol. The number of rotatable bonds is 4. The maximum atomic E-state index is 10.5. The van der Waals surface area contributed by atoms with Crippen LogP contribution in [0.15, 0.2) is 24.3 Å². The number of amides is 1. The van der Waals surface area contributed by atoms with Crippen LogP contribution < -0.4 is 11.5 Å². The van der Waals surface area contributed by atoms with E-state index in [1.807, 2.05) is 0 Å². The molecule has 0 fully saturated rings. The molecule has 0 aliphatic carbocycles. The molecule has 0 spiro atoms. The van der Waals surface area contributed by atoms with Crippen molar-refractivity contribution in [3.63, 3.8) is 0 Å². The minimum Gasteiger partial charge on any atom is -0.399 e. The molecule has 90 valence electrons. The van der Waals surface area contributed by atoms with Gasteiger partial charge in [-0.2, -0.15) is 0 Å². The molecule has 16 heavy (non-hydrogen) atoms. The molecule has 0 aliphatic rings. The third kappa shape index (κ3) is 7.12. The largest absolute Gasteiger partial charge is 0.399 e. The predicted octanol–water partition coefficient (Wildman–Crippen LogP) is 2.78. The third-order valence-corrected chi connectivity index (χ3v) is 2.20. The van der Waals surface area contributed by atoms with Crippen molar-refractivity contribution in [1.82, 2.24) is 0 Å². The molecule has 0 atom stereocenters. The molecule has 0 aliphatic heterocycles. The molecule has 0 heterocycles. The van der Waals surface area contributed by atoms with Gasteiger partial charge in [-0.1, -0.05) is 19.8 Å². The molecule has 1 amide bonds. The number of carbonyl (C=O) groups excluding carboxylic acids is 1. The van der Waals surface area contributed by atoms with E-state index in [2.05, 4.69) is 6.92 Å². The number of carbonyl (C=O) groups is 1. The first-order valence-corrected chi connectivity index (χ1v) is 5.86. The minimum absolute atomic E-state index is 0.431. The first-order chi connectivity index (χ1) is 7.61. The summed E-state index contributed by atoms with van der Waals surface area (Å²) in [5, 5.41) is 0. The average Bonchev–Trinajstić information content (AvgIpc) is 2.28. The van der Waals surface area contributed by atoms with Gasteiger partial charge in [-0.05, 0) is 30.7 Å². The number of benzene rings is 1. The van der Waals surface area contributed by atoms with Gasteiger partial charge in [0.25, 0.3) is 0 Å². The highest BCUT2D eigenvalue weighted by atomic mass is 35.5. The highest BCUT2D eigenvalue weighted by Gasteiger charge is 1.96. The molecule has 4 heteroatoms. The molecule has 0 saturated heterocycles. The summed E-state index contributed by atoms with van der Waals surface area (Å²) in [7, 11) is 0. The molecular formula is C12H19ClN2O. The van der Waals surface area contributed by atoms with Crippen molar-refractivity contribution >= 4 is 23.2 Å². The summed E-state index contributed by atoms with van der Waals surface area (Å²) in [6.45, 7) is 2.17. The van der Waals surface area contributed by atoms with Crippen molar-refractivity contribution in [2.45, 2.75) is 26.2 Å². The molecule has 3 nitrogen and oxygen atoms in total. The monoisotopic (exact) mass is 242 g/mol. The van der Waals surface area contributed by atoms with Crippen LogP contribution in [0.1, 0.15) is 36.5 Å². The van der Waals surface area contributed by atoms with Crippen molar-refractivity contribution in [2.24, 2.45) is 5.73 Å². The van der Waals surface area contributed by atoms with Gasteiger partial charge in [0.05, 0.1) is 0 Å². The zero-order chi connectivity index (χ0) is 12.4. The summed E-state index contributed by atoms with van der Waals surface area (Å²) in [5.41, 5.74) is 11.5. The molecule has 1 aromatic rings. The normalized spacial score (nSPS) is 9.12. The van der Waals surface area contributed by atoms with Gasteiger partial charge in [0.1, 0.15) is 0 Å². The SMILES string of the molecule is CCCCCCl.NC(=O)c1ccc(N)cc1. The van der Waals surface area contributed by atoms with Crippen LogP contribution in [-0.2, 0) is 0 Å². The molecule has 1 aromatic carbocycles. The van der Waals surface area contributed by atoms with Crippen molar-refractivity contribution in [3.8, 4) is 0 Å². The van der Waals surface area contributed by atoms with Gasteiger partial charge >= 0.3 is 0 Å². The van der Waals surface area contributed by atoms with Gasteiger partial charge in [0.15, 0.2) is 0 Å². The standard InChI is InChI=1S/C7H8N2O.C5H11Cl/c8-6-3-1-5(2-4-6)7(9)10;1-2-3-4-5-6/h1-4H,8H2,(H2,9,10);2-5H2,1H3. The summed E-state index contributed by atoms with van der Waals surface area (Å²) < 4.78 is 0. The molecule has 4 N–H and O–H groups in total. The van der Waals surface area contributed by atoms with E-state index in [1.165, 1.54) is 19.3 Å². The quantitative estimate of drug-likeness (QED) is 0.484. The van der Waals surface area contributed by atoms with Gasteiger partial charge in [0.2, 0.25) is 5.91 Å². The molecular weight excluding hydrogens is 224 g/mol. The van der Waals surface area contributed by atoms with E-state index >= 15 is 0 Å².